The summed E-state index contributed by atoms with van der Waals surface area (Å²) in [4.78, 5) is 25.4. The van der Waals surface area contributed by atoms with Crippen molar-refractivity contribution in [1.82, 2.24) is 4.90 Å². The third-order valence-electron chi connectivity index (χ3n) is 3.81. The van der Waals surface area contributed by atoms with Crippen molar-refractivity contribution in [1.29, 1.82) is 0 Å². The molecule has 1 atom stereocenters. The normalized spacial score (nSPS) is 17.6. The van der Waals surface area contributed by atoms with Gasteiger partial charge in [0.15, 0.2) is 0 Å². The van der Waals surface area contributed by atoms with Gasteiger partial charge in [-0.25, -0.2) is 9.59 Å². The minimum atomic E-state index is -1.10. The predicted molar refractivity (Wildman–Crippen MR) is 79.0 cm³/mol. The number of amides is 2. The van der Waals surface area contributed by atoms with Crippen LogP contribution in [-0.4, -0.2) is 41.7 Å². The second kappa shape index (κ2) is 6.47. The van der Waals surface area contributed by atoms with E-state index in [0.29, 0.717) is 12.3 Å². The van der Waals surface area contributed by atoms with Crippen molar-refractivity contribution >= 4 is 17.7 Å². The number of nitrogens with zero attached hydrogens (tertiary/aromatic N) is 1. The van der Waals surface area contributed by atoms with Crippen LogP contribution in [0.4, 0.5) is 10.5 Å². The van der Waals surface area contributed by atoms with Crippen LogP contribution in [0, 0.1) is 0 Å². The van der Waals surface area contributed by atoms with E-state index in [2.05, 4.69) is 5.32 Å². The summed E-state index contributed by atoms with van der Waals surface area (Å²) in [7, 11) is 1.47. The van der Waals surface area contributed by atoms with Crippen LogP contribution in [0.2, 0.25) is 0 Å². The first-order chi connectivity index (χ1) is 10.1. The molecule has 1 unspecified atom stereocenters. The Labute approximate surface area is 123 Å². The lowest BCUT2D eigenvalue weighted by molar-refractivity contribution is 0.0697. The first kappa shape index (κ1) is 15.2. The van der Waals surface area contributed by atoms with E-state index in [1.807, 2.05) is 6.92 Å². The van der Waals surface area contributed by atoms with Gasteiger partial charge >= 0.3 is 12.0 Å². The van der Waals surface area contributed by atoms with Crippen LogP contribution < -0.4 is 10.1 Å². The number of carbonyl (C=O) groups excluding carboxylic acids is 1. The molecule has 1 aromatic rings. The number of carboxylic acids is 1. The van der Waals surface area contributed by atoms with Crippen LogP contribution in [0.5, 0.6) is 5.75 Å². The number of likely N-dealkylation sites (tertiary alicyclic amines) is 1. The minimum absolute atomic E-state index is 0.0231. The molecule has 2 rings (SSSR count). The fraction of sp³-hybridized carbons (Fsp3) is 0.467. The molecular formula is C15H20N2O4. The lowest BCUT2D eigenvalue weighted by Crippen LogP contribution is -2.38. The highest BCUT2D eigenvalue weighted by Gasteiger charge is 2.28. The Kier molecular flexibility index (Phi) is 4.67. The number of benzene rings is 1. The molecule has 0 aliphatic carbocycles. The van der Waals surface area contributed by atoms with E-state index >= 15 is 0 Å². The van der Waals surface area contributed by atoms with Gasteiger partial charge in [-0.1, -0.05) is 6.92 Å². The van der Waals surface area contributed by atoms with Gasteiger partial charge in [-0.15, -0.1) is 0 Å². The number of rotatable bonds is 4. The molecule has 6 nitrogen and oxygen atoms in total. The van der Waals surface area contributed by atoms with E-state index in [-0.39, 0.29) is 23.3 Å². The molecule has 21 heavy (non-hydrogen) atoms. The van der Waals surface area contributed by atoms with Crippen molar-refractivity contribution in [2.45, 2.75) is 32.2 Å². The third-order valence-corrected chi connectivity index (χ3v) is 3.81. The zero-order valence-electron chi connectivity index (χ0n) is 12.3. The second-order valence-corrected chi connectivity index (χ2v) is 5.04. The van der Waals surface area contributed by atoms with Crippen molar-refractivity contribution in [2.24, 2.45) is 0 Å². The summed E-state index contributed by atoms with van der Waals surface area (Å²) in [6, 6.07) is 4.57. The van der Waals surface area contributed by atoms with Crippen molar-refractivity contribution in [3.8, 4) is 5.75 Å². The molecule has 6 heteroatoms. The number of hydrogen-bond donors (Lipinski definition) is 2. The highest BCUT2D eigenvalue weighted by molar-refractivity contribution is 6.00. The maximum absolute atomic E-state index is 12.3. The van der Waals surface area contributed by atoms with Crippen molar-refractivity contribution in [2.75, 3.05) is 19.0 Å². The molecule has 0 bridgehead atoms. The Morgan fingerprint density at radius 3 is 2.86 bits per heavy atom. The molecule has 1 saturated heterocycles. The third kappa shape index (κ3) is 3.26. The van der Waals surface area contributed by atoms with E-state index in [0.717, 1.165) is 19.3 Å². The van der Waals surface area contributed by atoms with Gasteiger partial charge in [0.25, 0.3) is 0 Å². The molecule has 114 valence electrons. The fourth-order valence-corrected chi connectivity index (χ4v) is 2.65. The van der Waals surface area contributed by atoms with Gasteiger partial charge < -0.3 is 20.1 Å². The molecule has 0 saturated carbocycles. The standard InChI is InChI=1S/C15H20N2O4/c1-3-10-5-4-8-17(10)15(20)16-13-7-6-11(21-2)9-12(13)14(18)19/h6-7,9-10H,3-5,8H2,1-2H3,(H,16,20)(H,18,19). The van der Waals surface area contributed by atoms with E-state index in [1.54, 1.807) is 17.0 Å². The summed E-state index contributed by atoms with van der Waals surface area (Å²) < 4.78 is 5.01. The highest BCUT2D eigenvalue weighted by atomic mass is 16.5. The molecule has 0 aromatic heterocycles. The van der Waals surface area contributed by atoms with Crippen LogP contribution in [0.3, 0.4) is 0 Å². The highest BCUT2D eigenvalue weighted by Crippen LogP contribution is 2.25. The molecule has 0 spiro atoms. The molecule has 1 aliphatic heterocycles. The molecule has 0 radical (unpaired) electrons. The van der Waals surface area contributed by atoms with Gasteiger partial charge in [0.2, 0.25) is 0 Å². The van der Waals surface area contributed by atoms with Gasteiger partial charge in [-0.2, -0.15) is 0 Å². The monoisotopic (exact) mass is 292 g/mol. The van der Waals surface area contributed by atoms with Gasteiger partial charge in [0.05, 0.1) is 18.4 Å². The number of ether oxygens (including phenoxy) is 1. The summed E-state index contributed by atoms with van der Waals surface area (Å²) >= 11 is 0. The summed E-state index contributed by atoms with van der Waals surface area (Å²) in [5.74, 6) is -0.657. The quantitative estimate of drug-likeness (QED) is 0.894. The molecule has 1 aliphatic rings. The Bertz CT molecular complexity index is 544. The molecular weight excluding hydrogens is 272 g/mol. The van der Waals surface area contributed by atoms with E-state index in [9.17, 15) is 14.7 Å². The lowest BCUT2D eigenvalue weighted by Gasteiger charge is -2.24. The predicted octanol–water partition coefficient (Wildman–Crippen LogP) is 2.80. The van der Waals surface area contributed by atoms with Gasteiger partial charge in [-0.05, 0) is 37.5 Å². The van der Waals surface area contributed by atoms with Gasteiger partial charge in [0.1, 0.15) is 5.75 Å². The topological polar surface area (TPSA) is 78.9 Å². The van der Waals surface area contributed by atoms with E-state index in [1.165, 1.54) is 13.2 Å². The number of nitrogens with one attached hydrogen (secondary N) is 1. The average Bonchev–Trinajstić information content (AvgIpc) is 2.96. The Morgan fingerprint density at radius 1 is 1.48 bits per heavy atom. The average molecular weight is 292 g/mol. The fourth-order valence-electron chi connectivity index (χ4n) is 2.65. The van der Waals surface area contributed by atoms with Crippen LogP contribution in [-0.2, 0) is 0 Å². The lowest BCUT2D eigenvalue weighted by atomic mass is 10.1. The van der Waals surface area contributed by atoms with E-state index < -0.39 is 5.97 Å². The zero-order chi connectivity index (χ0) is 15.4. The smallest absolute Gasteiger partial charge is 0.337 e. The molecule has 1 fully saturated rings. The van der Waals surface area contributed by atoms with Crippen molar-refractivity contribution in [3.05, 3.63) is 23.8 Å². The summed E-state index contributed by atoms with van der Waals surface area (Å²) in [6.45, 7) is 2.76. The number of carboxylic acid groups (broad SMARTS) is 1. The molecule has 2 amide bonds. The van der Waals surface area contributed by atoms with E-state index in [4.69, 9.17) is 4.74 Å². The maximum atomic E-state index is 12.3. The maximum Gasteiger partial charge on any atom is 0.337 e. The van der Waals surface area contributed by atoms with Crippen LogP contribution in [0.15, 0.2) is 18.2 Å². The largest absolute Gasteiger partial charge is 0.497 e. The molecule has 2 N–H and O–H groups in total. The molecule has 1 heterocycles. The number of hydrogen-bond acceptors (Lipinski definition) is 3. The Morgan fingerprint density at radius 2 is 2.24 bits per heavy atom. The summed E-state index contributed by atoms with van der Waals surface area (Å²) in [5.41, 5.74) is 0.310. The zero-order valence-corrected chi connectivity index (χ0v) is 12.3. The van der Waals surface area contributed by atoms with Crippen molar-refractivity contribution in [3.63, 3.8) is 0 Å². The van der Waals surface area contributed by atoms with Gasteiger partial charge in [-0.3, -0.25) is 0 Å². The molecule has 1 aromatic carbocycles. The van der Waals surface area contributed by atoms with Crippen molar-refractivity contribution < 1.29 is 19.4 Å². The number of carbonyl (C=O) groups is 2. The second-order valence-electron chi connectivity index (χ2n) is 5.04. The number of urea groups is 1. The summed E-state index contributed by atoms with van der Waals surface area (Å²) in [6.07, 6.45) is 2.89. The Balaban J connectivity index is 2.19. The number of methoxy groups -OCH3 is 1. The van der Waals surface area contributed by atoms with Crippen LogP contribution in [0.25, 0.3) is 0 Å². The first-order valence-electron chi connectivity index (χ1n) is 7.05. The number of anilines is 1. The Hall–Kier alpha value is -2.24. The SMILES string of the molecule is CCC1CCCN1C(=O)Nc1ccc(OC)cc1C(=O)O. The first-order valence-corrected chi connectivity index (χ1v) is 7.05. The minimum Gasteiger partial charge on any atom is -0.497 e. The summed E-state index contributed by atoms with van der Waals surface area (Å²) in [5, 5.41) is 11.9. The number of aromatic carboxylic acids is 1. The van der Waals surface area contributed by atoms with Crippen LogP contribution in [0.1, 0.15) is 36.5 Å². The van der Waals surface area contributed by atoms with Crippen LogP contribution >= 0.6 is 0 Å². The van der Waals surface area contributed by atoms with Gasteiger partial charge in [0, 0.05) is 12.6 Å².